The molecule has 0 radical (unpaired) electrons. The number of rotatable bonds is 13. The van der Waals surface area contributed by atoms with Crippen LogP contribution in [-0.4, -0.2) is 54.3 Å². The maximum absolute atomic E-state index is 14.7. The van der Waals surface area contributed by atoms with Crippen LogP contribution in [-0.2, 0) is 50.4 Å². The Morgan fingerprint density at radius 3 is 2.20 bits per heavy atom. The summed E-state index contributed by atoms with van der Waals surface area (Å²) in [7, 11) is -4.43. The lowest BCUT2D eigenvalue weighted by Crippen LogP contribution is -2.55. The molecule has 0 bridgehead atoms. The zero-order valence-corrected chi connectivity index (χ0v) is 37.9. The number of anilines is 1. The zero-order valence-electron chi connectivity index (χ0n) is 35.6. The third-order valence-electron chi connectivity index (χ3n) is 11.4. The van der Waals surface area contributed by atoms with Crippen LogP contribution in [0.2, 0.25) is 10.0 Å². The molecule has 16 heteroatoms. The van der Waals surface area contributed by atoms with E-state index in [1.165, 1.54) is 25.1 Å². The van der Waals surface area contributed by atoms with Crippen LogP contribution in [0.5, 0.6) is 17.2 Å². The van der Waals surface area contributed by atoms with Crippen molar-refractivity contribution in [3.63, 3.8) is 0 Å². The number of benzene rings is 6. The molecule has 0 saturated heterocycles. The Balaban J connectivity index is 1.03. The van der Waals surface area contributed by atoms with Gasteiger partial charge >= 0.3 is 5.97 Å². The monoisotopic (exact) mass is 944 g/mol. The van der Waals surface area contributed by atoms with E-state index in [1.807, 2.05) is 54.6 Å². The van der Waals surface area contributed by atoms with Crippen LogP contribution in [0.1, 0.15) is 52.0 Å². The van der Waals surface area contributed by atoms with Gasteiger partial charge in [-0.15, -0.1) is 0 Å². The summed E-state index contributed by atoms with van der Waals surface area (Å²) in [5, 5.41) is 25.7. The van der Waals surface area contributed by atoms with E-state index in [-0.39, 0.29) is 43.4 Å². The van der Waals surface area contributed by atoms with Crippen LogP contribution < -0.4 is 24.8 Å². The molecule has 13 nitrogen and oxygen atoms in total. The van der Waals surface area contributed by atoms with Gasteiger partial charge in [-0.2, -0.15) is 9.57 Å². The molecule has 3 atom stereocenters. The highest BCUT2D eigenvalue weighted by Crippen LogP contribution is 2.42. The lowest BCUT2D eigenvalue weighted by molar-refractivity contribution is -0.142. The lowest BCUT2D eigenvalue weighted by Gasteiger charge is -2.37. The van der Waals surface area contributed by atoms with Gasteiger partial charge in [0.05, 0.1) is 26.6 Å². The number of ether oxygens (including phenoxy) is 3. The van der Waals surface area contributed by atoms with E-state index < -0.39 is 40.1 Å². The zero-order chi connectivity index (χ0) is 46.7. The number of nitriles is 1. The first-order valence-electron chi connectivity index (χ1n) is 20.8. The molecule has 66 heavy (non-hydrogen) atoms. The molecule has 0 saturated carbocycles. The molecule has 0 aromatic heterocycles. The minimum Gasteiger partial charge on any atom is -0.489 e. The highest BCUT2D eigenvalue weighted by molar-refractivity contribution is 7.89. The van der Waals surface area contributed by atoms with Crippen molar-refractivity contribution < 1.29 is 42.1 Å². The van der Waals surface area contributed by atoms with Crippen LogP contribution in [0.3, 0.4) is 0 Å². The molecule has 3 unspecified atom stereocenters. The number of hydrogen-bond donors (Lipinski definition) is 3. The molecule has 2 amide bonds. The first kappa shape index (κ1) is 45.7. The normalized spacial score (nSPS) is 16.0. The van der Waals surface area contributed by atoms with Crippen LogP contribution >= 0.6 is 23.2 Å². The SMILES string of the molecule is CC(=O)Nc1ccc(S(=O)(=O)N2Cc3cc4c(cc3CC2C(=O)NC(Cc2ccc(-c3ccc(C#N)cc3)cc2)C(=O)O)OCC(c2ccc(OCc3ccc(Cl)c(Cl)c3)cc2)O4)c(C)c1. The van der Waals surface area contributed by atoms with Crippen LogP contribution in [0.4, 0.5) is 5.69 Å². The van der Waals surface area contributed by atoms with Gasteiger partial charge in [-0.3, -0.25) is 9.59 Å². The highest BCUT2D eigenvalue weighted by atomic mass is 35.5. The van der Waals surface area contributed by atoms with E-state index in [1.54, 1.807) is 55.5 Å². The fourth-order valence-electron chi connectivity index (χ4n) is 7.96. The molecule has 6 aromatic rings. The largest absolute Gasteiger partial charge is 0.489 e. The maximum atomic E-state index is 14.7. The molecule has 2 heterocycles. The second-order valence-corrected chi connectivity index (χ2v) is 18.7. The second kappa shape index (κ2) is 19.3. The number of sulfonamides is 1. The fraction of sp³-hybridized carbons (Fsp3) is 0.200. The number of hydrogen-bond acceptors (Lipinski definition) is 9. The lowest BCUT2D eigenvalue weighted by atomic mass is 9.93. The number of carboxylic acids is 1. The number of aliphatic carboxylic acids is 1. The number of nitrogens with zero attached hydrogens (tertiary/aromatic N) is 2. The van der Waals surface area contributed by atoms with Crippen LogP contribution in [0.15, 0.2) is 126 Å². The Bertz CT molecular complexity index is 3000. The van der Waals surface area contributed by atoms with Crippen LogP contribution in [0.25, 0.3) is 11.1 Å². The topological polar surface area (TPSA) is 184 Å². The molecule has 0 spiro atoms. The van der Waals surface area contributed by atoms with E-state index in [0.29, 0.717) is 60.8 Å². The van der Waals surface area contributed by atoms with E-state index in [0.717, 1.165) is 26.6 Å². The van der Waals surface area contributed by atoms with E-state index in [4.69, 9.17) is 42.7 Å². The Hall–Kier alpha value is -6.89. The smallest absolute Gasteiger partial charge is 0.326 e. The molecular formula is C50H42Cl2N4O9S. The summed E-state index contributed by atoms with van der Waals surface area (Å²) in [6, 6.07) is 34.1. The highest BCUT2D eigenvalue weighted by Gasteiger charge is 2.42. The van der Waals surface area contributed by atoms with Crippen molar-refractivity contribution in [1.29, 1.82) is 5.26 Å². The van der Waals surface area contributed by atoms with Crippen molar-refractivity contribution in [3.8, 4) is 34.4 Å². The van der Waals surface area contributed by atoms with Gasteiger partial charge in [0.25, 0.3) is 0 Å². The van der Waals surface area contributed by atoms with Gasteiger partial charge in [-0.05, 0) is 125 Å². The van der Waals surface area contributed by atoms with Gasteiger partial charge in [0.1, 0.15) is 31.0 Å². The summed E-state index contributed by atoms with van der Waals surface area (Å²) in [4.78, 5) is 38.7. The number of aryl methyl sites for hydroxylation is 1. The number of fused-ring (bicyclic) bond motifs is 2. The average Bonchev–Trinajstić information content (AvgIpc) is 3.30. The molecule has 3 N–H and O–H groups in total. The van der Waals surface area contributed by atoms with Gasteiger partial charge < -0.3 is 30.0 Å². The Morgan fingerprint density at radius 1 is 0.864 bits per heavy atom. The number of amides is 2. The summed E-state index contributed by atoms with van der Waals surface area (Å²) in [5.74, 6) is -0.993. The Morgan fingerprint density at radius 2 is 1.55 bits per heavy atom. The fourth-order valence-corrected chi connectivity index (χ4v) is 10.1. The minimum absolute atomic E-state index is 0.0805. The number of carbonyl (C=O) groups is 3. The van der Waals surface area contributed by atoms with Gasteiger partial charge in [-0.25, -0.2) is 13.2 Å². The van der Waals surface area contributed by atoms with Crippen LogP contribution in [0, 0.1) is 18.3 Å². The quantitative estimate of drug-likeness (QED) is 0.101. The molecule has 336 valence electrons. The summed E-state index contributed by atoms with van der Waals surface area (Å²) in [6.07, 6.45) is -0.687. The predicted molar refractivity (Wildman–Crippen MR) is 248 cm³/mol. The number of nitrogens with one attached hydrogen (secondary N) is 2. The molecular weight excluding hydrogens is 904 g/mol. The summed E-state index contributed by atoms with van der Waals surface area (Å²) in [5.41, 5.74) is 6.48. The van der Waals surface area contributed by atoms with Crippen molar-refractivity contribution in [2.45, 2.75) is 62.9 Å². The van der Waals surface area contributed by atoms with Gasteiger partial charge in [0.2, 0.25) is 21.8 Å². The first-order valence-corrected chi connectivity index (χ1v) is 23.0. The van der Waals surface area contributed by atoms with Crippen molar-refractivity contribution in [2.24, 2.45) is 0 Å². The molecule has 2 aliphatic rings. The summed E-state index contributed by atoms with van der Waals surface area (Å²) >= 11 is 12.2. The molecule has 0 fully saturated rings. The number of carboxylic acid groups (broad SMARTS) is 1. The Labute approximate surface area is 391 Å². The second-order valence-electron chi connectivity index (χ2n) is 16.0. The summed E-state index contributed by atoms with van der Waals surface area (Å²) < 4.78 is 49.1. The van der Waals surface area contributed by atoms with E-state index in [9.17, 15) is 27.9 Å². The van der Waals surface area contributed by atoms with Gasteiger partial charge in [0.15, 0.2) is 17.6 Å². The van der Waals surface area contributed by atoms with Gasteiger partial charge in [-0.1, -0.05) is 77.8 Å². The standard InChI is InChI=1S/C50H42Cl2N4O9S/c1-29-19-39(54-30(2)57)14-18-48(29)66(61,62)56-26-38-24-46-45(64-28-47(65-46)36-12-15-40(16-13-36)63-27-33-7-17-41(51)42(52)20-33)23-37(38)22-44(56)49(58)55-43(50(59)60)21-31-3-8-34(9-4-31)35-10-5-32(25-53)6-11-35/h3-20,23-24,43-44,47H,21-22,26-28H2,1-2H3,(H,54,57)(H,55,58)(H,59,60). The van der Waals surface area contributed by atoms with Crippen molar-refractivity contribution in [1.82, 2.24) is 9.62 Å². The summed E-state index contributed by atoms with van der Waals surface area (Å²) in [6.45, 7) is 3.14. The van der Waals surface area contributed by atoms with Crippen molar-refractivity contribution in [3.05, 3.63) is 170 Å². The average molecular weight is 946 g/mol. The van der Waals surface area contributed by atoms with E-state index in [2.05, 4.69) is 16.7 Å². The predicted octanol–water partition coefficient (Wildman–Crippen LogP) is 8.82. The third kappa shape index (κ3) is 10.1. The van der Waals surface area contributed by atoms with Crippen molar-refractivity contribution >= 4 is 56.7 Å². The number of halogens is 2. The number of carbonyl (C=O) groups excluding carboxylic acids is 2. The first-order chi connectivity index (χ1) is 31.6. The maximum Gasteiger partial charge on any atom is 0.326 e. The minimum atomic E-state index is -4.43. The van der Waals surface area contributed by atoms with Gasteiger partial charge in [0, 0.05) is 25.6 Å². The third-order valence-corrected chi connectivity index (χ3v) is 14.1. The molecule has 2 aliphatic heterocycles. The molecule has 0 aliphatic carbocycles. The van der Waals surface area contributed by atoms with Crippen molar-refractivity contribution in [2.75, 3.05) is 11.9 Å². The molecule has 6 aromatic carbocycles. The Kier molecular flexibility index (Phi) is 13.4. The molecule has 8 rings (SSSR count). The van der Waals surface area contributed by atoms with E-state index >= 15 is 0 Å².